The molecule has 2 aromatic heterocycles. The first kappa shape index (κ1) is 15.1. The molecule has 1 aliphatic heterocycles. The maximum absolute atomic E-state index is 6.05. The molecule has 1 aliphatic rings. The zero-order valence-electron chi connectivity index (χ0n) is 14.2. The fourth-order valence-electron chi connectivity index (χ4n) is 3.44. The van der Waals surface area contributed by atoms with Gasteiger partial charge in [0.1, 0.15) is 23.2 Å². The highest BCUT2D eigenvalue weighted by atomic mass is 16.3. The molecule has 0 N–H and O–H groups in total. The lowest BCUT2D eigenvalue weighted by molar-refractivity contribution is 0.389. The van der Waals surface area contributed by atoms with Gasteiger partial charge in [-0.1, -0.05) is 19.1 Å². The highest BCUT2D eigenvalue weighted by Crippen LogP contribution is 2.35. The Morgan fingerprint density at radius 2 is 2.04 bits per heavy atom. The number of hydrogen-bond acceptors (Lipinski definition) is 5. The number of aryl methyl sites for hydroxylation is 2. The van der Waals surface area contributed by atoms with Crippen molar-refractivity contribution in [2.45, 2.75) is 45.6 Å². The van der Waals surface area contributed by atoms with Crippen molar-refractivity contribution in [3.8, 4) is 0 Å². The first-order valence-electron chi connectivity index (χ1n) is 8.71. The fourth-order valence-corrected chi connectivity index (χ4v) is 3.44. The van der Waals surface area contributed by atoms with Gasteiger partial charge in [0.2, 0.25) is 5.89 Å². The SMILES string of the molecule is CCc1cc(N2CCCCC2c2nc3ccccc3o2)nc(C)n1. The van der Waals surface area contributed by atoms with Gasteiger partial charge in [-0.3, -0.25) is 0 Å². The molecule has 1 saturated heterocycles. The lowest BCUT2D eigenvalue weighted by atomic mass is 10.0. The van der Waals surface area contributed by atoms with E-state index in [2.05, 4.69) is 27.9 Å². The van der Waals surface area contributed by atoms with E-state index in [1.165, 1.54) is 12.8 Å². The third kappa shape index (κ3) is 2.75. The van der Waals surface area contributed by atoms with Crippen LogP contribution >= 0.6 is 0 Å². The minimum absolute atomic E-state index is 0.144. The summed E-state index contributed by atoms with van der Waals surface area (Å²) in [6.07, 6.45) is 4.31. The van der Waals surface area contributed by atoms with Crippen LogP contribution in [0.5, 0.6) is 0 Å². The monoisotopic (exact) mass is 322 g/mol. The highest BCUT2D eigenvalue weighted by molar-refractivity contribution is 5.72. The molecule has 1 unspecified atom stereocenters. The number of anilines is 1. The highest BCUT2D eigenvalue weighted by Gasteiger charge is 2.29. The molecule has 0 saturated carbocycles. The number of oxazole rings is 1. The van der Waals surface area contributed by atoms with E-state index in [1.807, 2.05) is 31.2 Å². The average molecular weight is 322 g/mol. The topological polar surface area (TPSA) is 55.1 Å². The first-order chi connectivity index (χ1) is 11.7. The Hall–Kier alpha value is -2.43. The van der Waals surface area contributed by atoms with Crippen molar-refractivity contribution in [1.82, 2.24) is 15.0 Å². The van der Waals surface area contributed by atoms with Crippen molar-refractivity contribution in [1.29, 1.82) is 0 Å². The van der Waals surface area contributed by atoms with Gasteiger partial charge in [0.25, 0.3) is 0 Å². The summed E-state index contributed by atoms with van der Waals surface area (Å²) in [5.41, 5.74) is 2.86. The Balaban J connectivity index is 1.74. The molecule has 0 bridgehead atoms. The molecular formula is C19H22N4O. The van der Waals surface area contributed by atoms with Crippen LogP contribution in [0, 0.1) is 6.92 Å². The summed E-state index contributed by atoms with van der Waals surface area (Å²) >= 11 is 0. The Morgan fingerprint density at radius 3 is 2.88 bits per heavy atom. The molecule has 0 amide bonds. The van der Waals surface area contributed by atoms with Crippen molar-refractivity contribution in [2.24, 2.45) is 0 Å². The quantitative estimate of drug-likeness (QED) is 0.722. The van der Waals surface area contributed by atoms with Crippen LogP contribution in [-0.4, -0.2) is 21.5 Å². The molecule has 4 rings (SSSR count). The van der Waals surface area contributed by atoms with Gasteiger partial charge in [0.15, 0.2) is 5.58 Å². The second-order valence-corrected chi connectivity index (χ2v) is 6.34. The Morgan fingerprint density at radius 1 is 1.17 bits per heavy atom. The molecule has 5 nitrogen and oxygen atoms in total. The van der Waals surface area contributed by atoms with E-state index in [9.17, 15) is 0 Å². The summed E-state index contributed by atoms with van der Waals surface area (Å²) in [6, 6.07) is 10.2. The number of rotatable bonds is 3. The summed E-state index contributed by atoms with van der Waals surface area (Å²) in [7, 11) is 0. The van der Waals surface area contributed by atoms with Crippen molar-refractivity contribution in [3.05, 3.63) is 47.7 Å². The van der Waals surface area contributed by atoms with E-state index in [0.717, 1.165) is 53.7 Å². The number of aromatic nitrogens is 3. The molecule has 0 radical (unpaired) electrons. The van der Waals surface area contributed by atoms with Crippen LogP contribution < -0.4 is 4.90 Å². The Labute approximate surface area is 141 Å². The van der Waals surface area contributed by atoms with E-state index < -0.39 is 0 Å². The molecule has 124 valence electrons. The number of para-hydroxylation sites is 2. The summed E-state index contributed by atoms with van der Waals surface area (Å²) < 4.78 is 6.05. The predicted octanol–water partition coefficient (Wildman–Crippen LogP) is 4.22. The van der Waals surface area contributed by atoms with Crippen LogP contribution in [0.1, 0.15) is 49.6 Å². The summed E-state index contributed by atoms with van der Waals surface area (Å²) in [6.45, 7) is 5.06. The third-order valence-electron chi connectivity index (χ3n) is 4.63. The average Bonchev–Trinajstić information content (AvgIpc) is 3.05. The van der Waals surface area contributed by atoms with E-state index in [1.54, 1.807) is 0 Å². The van der Waals surface area contributed by atoms with Gasteiger partial charge in [-0.05, 0) is 44.7 Å². The van der Waals surface area contributed by atoms with Gasteiger partial charge < -0.3 is 9.32 Å². The zero-order chi connectivity index (χ0) is 16.5. The van der Waals surface area contributed by atoms with Gasteiger partial charge in [-0.25, -0.2) is 15.0 Å². The fraction of sp³-hybridized carbons (Fsp3) is 0.421. The van der Waals surface area contributed by atoms with Crippen LogP contribution in [0.3, 0.4) is 0 Å². The Bertz CT molecular complexity index is 824. The van der Waals surface area contributed by atoms with Gasteiger partial charge in [-0.15, -0.1) is 0 Å². The van der Waals surface area contributed by atoms with E-state index in [-0.39, 0.29) is 6.04 Å². The Kier molecular flexibility index (Phi) is 3.92. The summed E-state index contributed by atoms with van der Waals surface area (Å²) in [5, 5.41) is 0. The van der Waals surface area contributed by atoms with Gasteiger partial charge in [-0.2, -0.15) is 0 Å². The van der Waals surface area contributed by atoms with Crippen LogP contribution in [-0.2, 0) is 6.42 Å². The van der Waals surface area contributed by atoms with Crippen LogP contribution in [0.15, 0.2) is 34.7 Å². The smallest absolute Gasteiger partial charge is 0.218 e. The number of benzene rings is 1. The normalized spacial score (nSPS) is 18.2. The molecule has 0 spiro atoms. The van der Waals surface area contributed by atoms with E-state index >= 15 is 0 Å². The lowest BCUT2D eigenvalue weighted by Crippen LogP contribution is -2.34. The number of nitrogens with zero attached hydrogens (tertiary/aromatic N) is 4. The summed E-state index contributed by atoms with van der Waals surface area (Å²) in [4.78, 5) is 16.2. The number of fused-ring (bicyclic) bond motifs is 1. The van der Waals surface area contributed by atoms with Crippen molar-refractivity contribution >= 4 is 16.9 Å². The molecular weight excluding hydrogens is 300 g/mol. The molecule has 1 atom stereocenters. The molecule has 5 heteroatoms. The van der Waals surface area contributed by atoms with Crippen molar-refractivity contribution in [2.75, 3.05) is 11.4 Å². The molecule has 1 aromatic carbocycles. The second kappa shape index (κ2) is 6.23. The number of piperidine rings is 1. The standard InChI is InChI=1S/C19H22N4O/c1-3-14-12-18(21-13(2)20-14)23-11-7-6-9-16(23)19-22-15-8-4-5-10-17(15)24-19/h4-5,8,10,12,16H,3,6-7,9,11H2,1-2H3. The van der Waals surface area contributed by atoms with Crippen molar-refractivity contribution in [3.63, 3.8) is 0 Å². The van der Waals surface area contributed by atoms with E-state index in [4.69, 9.17) is 9.40 Å². The van der Waals surface area contributed by atoms with E-state index in [0.29, 0.717) is 0 Å². The van der Waals surface area contributed by atoms with Crippen LogP contribution in [0.4, 0.5) is 5.82 Å². The molecule has 24 heavy (non-hydrogen) atoms. The van der Waals surface area contributed by atoms with Gasteiger partial charge in [0.05, 0.1) is 0 Å². The first-order valence-corrected chi connectivity index (χ1v) is 8.71. The molecule has 3 aromatic rings. The number of hydrogen-bond donors (Lipinski definition) is 0. The van der Waals surface area contributed by atoms with Crippen molar-refractivity contribution < 1.29 is 4.42 Å². The zero-order valence-corrected chi connectivity index (χ0v) is 14.2. The molecule has 0 aliphatic carbocycles. The van der Waals surface area contributed by atoms with Gasteiger partial charge >= 0.3 is 0 Å². The molecule has 3 heterocycles. The predicted molar refractivity (Wildman–Crippen MR) is 94.1 cm³/mol. The minimum Gasteiger partial charge on any atom is -0.438 e. The second-order valence-electron chi connectivity index (χ2n) is 6.34. The summed E-state index contributed by atoms with van der Waals surface area (Å²) in [5.74, 6) is 2.61. The minimum atomic E-state index is 0.144. The molecule has 1 fully saturated rings. The third-order valence-corrected chi connectivity index (χ3v) is 4.63. The largest absolute Gasteiger partial charge is 0.438 e. The lowest BCUT2D eigenvalue weighted by Gasteiger charge is -2.34. The maximum atomic E-state index is 6.05. The van der Waals surface area contributed by atoms with Gasteiger partial charge in [0, 0.05) is 18.3 Å². The van der Waals surface area contributed by atoms with Crippen LogP contribution in [0.25, 0.3) is 11.1 Å². The maximum Gasteiger partial charge on any atom is 0.218 e. The van der Waals surface area contributed by atoms with Crippen LogP contribution in [0.2, 0.25) is 0 Å².